The van der Waals surface area contributed by atoms with Crippen LogP contribution in [-0.4, -0.2) is 12.2 Å². The highest BCUT2D eigenvalue weighted by Gasteiger charge is 2.60. The molecule has 2 atom stereocenters. The molecular weight excluding hydrogens is 160 g/mol. The third-order valence-electron chi connectivity index (χ3n) is 4.48. The van der Waals surface area contributed by atoms with Gasteiger partial charge in [-0.3, -0.25) is 0 Å². The lowest BCUT2D eigenvalue weighted by molar-refractivity contribution is -0.285. The first kappa shape index (κ1) is 8.05. The van der Waals surface area contributed by atoms with E-state index in [2.05, 4.69) is 12.2 Å². The summed E-state index contributed by atoms with van der Waals surface area (Å²) in [5, 5.41) is 0. The number of ether oxygens (including phenoxy) is 1. The molecule has 0 aromatic carbocycles. The zero-order chi connectivity index (χ0) is 8.78. The number of allylic oxidation sites excluding steroid dienone is 1. The summed E-state index contributed by atoms with van der Waals surface area (Å²) in [6.07, 6.45) is 14.1. The molecule has 2 aliphatic carbocycles. The van der Waals surface area contributed by atoms with Crippen molar-refractivity contribution in [3.05, 3.63) is 12.2 Å². The van der Waals surface area contributed by atoms with Gasteiger partial charge in [-0.1, -0.05) is 25.0 Å². The van der Waals surface area contributed by atoms with Gasteiger partial charge >= 0.3 is 0 Å². The molecule has 1 heteroatoms. The maximum absolute atomic E-state index is 5.95. The van der Waals surface area contributed by atoms with Gasteiger partial charge in [0.1, 0.15) is 0 Å². The Kier molecular flexibility index (Phi) is 1.61. The largest absolute Gasteiger partial charge is 0.373 e. The Labute approximate surface area is 80.2 Å². The summed E-state index contributed by atoms with van der Waals surface area (Å²) in [5.41, 5.74) is 0.882. The Morgan fingerprint density at radius 3 is 2.77 bits per heavy atom. The van der Waals surface area contributed by atoms with Crippen LogP contribution in [0.2, 0.25) is 0 Å². The van der Waals surface area contributed by atoms with Crippen molar-refractivity contribution in [1.82, 2.24) is 0 Å². The molecule has 13 heavy (non-hydrogen) atoms. The highest BCUT2D eigenvalue weighted by Crippen LogP contribution is 2.59. The maximum atomic E-state index is 5.95. The quantitative estimate of drug-likeness (QED) is 0.518. The second-order valence-corrected chi connectivity index (χ2v) is 4.98. The third kappa shape index (κ3) is 0.914. The SMILES string of the molecule is C1=CC[C@@]23CCCC[C@]2(CC1)CO3. The molecule has 1 heterocycles. The van der Waals surface area contributed by atoms with E-state index in [0.29, 0.717) is 5.41 Å². The van der Waals surface area contributed by atoms with Crippen LogP contribution < -0.4 is 0 Å². The van der Waals surface area contributed by atoms with Crippen LogP contribution >= 0.6 is 0 Å². The van der Waals surface area contributed by atoms with Gasteiger partial charge in [-0.05, 0) is 32.1 Å². The Bertz CT molecular complexity index is 246. The van der Waals surface area contributed by atoms with Gasteiger partial charge in [0.05, 0.1) is 12.2 Å². The first-order valence-electron chi connectivity index (χ1n) is 5.66. The number of hydrogen-bond acceptors (Lipinski definition) is 1. The summed E-state index contributed by atoms with van der Waals surface area (Å²) < 4.78 is 5.95. The van der Waals surface area contributed by atoms with Crippen molar-refractivity contribution in [1.29, 1.82) is 0 Å². The van der Waals surface area contributed by atoms with E-state index in [9.17, 15) is 0 Å². The normalized spacial score (nSPS) is 48.6. The molecule has 3 aliphatic rings. The van der Waals surface area contributed by atoms with Crippen molar-refractivity contribution < 1.29 is 4.74 Å². The average Bonchev–Trinajstić information content (AvgIpc) is 2.26. The second kappa shape index (κ2) is 2.60. The fourth-order valence-electron chi connectivity index (χ4n) is 3.55. The molecule has 0 aromatic heterocycles. The summed E-state index contributed by atoms with van der Waals surface area (Å²) in [6.45, 7) is 1.05. The minimum Gasteiger partial charge on any atom is -0.373 e. The van der Waals surface area contributed by atoms with Gasteiger partial charge < -0.3 is 4.74 Å². The van der Waals surface area contributed by atoms with Crippen LogP contribution in [0.1, 0.15) is 44.9 Å². The molecule has 0 spiro atoms. The van der Waals surface area contributed by atoms with Gasteiger partial charge in [0.15, 0.2) is 0 Å². The number of hydrogen-bond donors (Lipinski definition) is 0. The molecule has 1 aliphatic heterocycles. The lowest BCUT2D eigenvalue weighted by Gasteiger charge is -2.61. The van der Waals surface area contributed by atoms with Crippen LogP contribution in [0.5, 0.6) is 0 Å². The molecule has 0 unspecified atom stereocenters. The van der Waals surface area contributed by atoms with E-state index in [0.717, 1.165) is 6.61 Å². The molecule has 1 nitrogen and oxygen atoms in total. The predicted octanol–water partition coefficient (Wildman–Crippen LogP) is 3.06. The zero-order valence-electron chi connectivity index (χ0n) is 8.22. The predicted molar refractivity (Wildman–Crippen MR) is 52.6 cm³/mol. The standard InChI is InChI=1S/C12H18O/c1-2-6-11-7-4-5-9-12(11,8-3-1)13-10-11/h1,3H,2,4-10H2/t11-,12-/m1/s1. The molecule has 0 bridgehead atoms. The van der Waals surface area contributed by atoms with Crippen LogP contribution in [0.3, 0.4) is 0 Å². The molecule has 1 saturated carbocycles. The molecule has 0 N–H and O–H groups in total. The molecule has 1 saturated heterocycles. The van der Waals surface area contributed by atoms with Gasteiger partial charge in [0.25, 0.3) is 0 Å². The fourth-order valence-corrected chi connectivity index (χ4v) is 3.55. The minimum absolute atomic E-state index is 0.290. The Balaban J connectivity index is 1.94. The first-order valence-corrected chi connectivity index (χ1v) is 5.66. The highest BCUT2D eigenvalue weighted by molar-refractivity contribution is 5.14. The van der Waals surface area contributed by atoms with Crippen molar-refractivity contribution >= 4 is 0 Å². The van der Waals surface area contributed by atoms with Crippen molar-refractivity contribution in [2.24, 2.45) is 5.41 Å². The summed E-state index contributed by atoms with van der Waals surface area (Å²) in [4.78, 5) is 0. The van der Waals surface area contributed by atoms with E-state index < -0.39 is 0 Å². The fraction of sp³-hybridized carbons (Fsp3) is 0.833. The Hall–Kier alpha value is -0.300. The van der Waals surface area contributed by atoms with Gasteiger partial charge in [-0.2, -0.15) is 0 Å². The van der Waals surface area contributed by atoms with E-state index in [1.54, 1.807) is 0 Å². The van der Waals surface area contributed by atoms with Crippen molar-refractivity contribution in [2.45, 2.75) is 50.5 Å². The summed E-state index contributed by atoms with van der Waals surface area (Å²) in [5.74, 6) is 0. The summed E-state index contributed by atoms with van der Waals surface area (Å²) >= 11 is 0. The summed E-state index contributed by atoms with van der Waals surface area (Å²) in [6, 6.07) is 0. The molecule has 0 aromatic rings. The second-order valence-electron chi connectivity index (χ2n) is 4.98. The zero-order valence-corrected chi connectivity index (χ0v) is 8.22. The van der Waals surface area contributed by atoms with E-state index in [1.165, 1.54) is 44.9 Å². The smallest absolute Gasteiger partial charge is 0.0795 e. The topological polar surface area (TPSA) is 9.23 Å². The maximum Gasteiger partial charge on any atom is 0.0795 e. The molecule has 2 fully saturated rings. The van der Waals surface area contributed by atoms with Crippen LogP contribution in [0, 0.1) is 5.41 Å². The van der Waals surface area contributed by atoms with Gasteiger partial charge in [0.2, 0.25) is 0 Å². The first-order chi connectivity index (χ1) is 6.37. The number of rotatable bonds is 0. The Morgan fingerprint density at radius 1 is 1.00 bits per heavy atom. The van der Waals surface area contributed by atoms with Crippen molar-refractivity contribution in [3.63, 3.8) is 0 Å². The van der Waals surface area contributed by atoms with Gasteiger partial charge in [-0.15, -0.1) is 0 Å². The van der Waals surface area contributed by atoms with Crippen molar-refractivity contribution in [2.75, 3.05) is 6.61 Å². The minimum atomic E-state index is 0.290. The Morgan fingerprint density at radius 2 is 1.92 bits per heavy atom. The molecule has 0 amide bonds. The van der Waals surface area contributed by atoms with E-state index in [1.807, 2.05) is 0 Å². The van der Waals surface area contributed by atoms with Gasteiger partial charge in [-0.25, -0.2) is 0 Å². The lowest BCUT2D eigenvalue weighted by atomic mass is 9.57. The molecular formula is C12H18O. The lowest BCUT2D eigenvalue weighted by Crippen LogP contribution is -2.64. The van der Waals surface area contributed by atoms with E-state index in [4.69, 9.17) is 4.74 Å². The average molecular weight is 178 g/mol. The van der Waals surface area contributed by atoms with Gasteiger partial charge in [0, 0.05) is 5.41 Å². The van der Waals surface area contributed by atoms with E-state index in [-0.39, 0.29) is 5.60 Å². The summed E-state index contributed by atoms with van der Waals surface area (Å²) in [7, 11) is 0. The third-order valence-corrected chi connectivity index (χ3v) is 4.48. The van der Waals surface area contributed by atoms with Crippen LogP contribution in [-0.2, 0) is 4.74 Å². The van der Waals surface area contributed by atoms with Crippen LogP contribution in [0.4, 0.5) is 0 Å². The monoisotopic (exact) mass is 178 g/mol. The van der Waals surface area contributed by atoms with Crippen molar-refractivity contribution in [3.8, 4) is 0 Å². The highest BCUT2D eigenvalue weighted by atomic mass is 16.5. The van der Waals surface area contributed by atoms with E-state index >= 15 is 0 Å². The molecule has 3 rings (SSSR count). The molecule has 0 radical (unpaired) electrons. The molecule has 72 valence electrons. The van der Waals surface area contributed by atoms with Crippen LogP contribution in [0.15, 0.2) is 12.2 Å². The van der Waals surface area contributed by atoms with Crippen LogP contribution in [0.25, 0.3) is 0 Å².